The Morgan fingerprint density at radius 2 is 1.74 bits per heavy atom. The highest BCUT2D eigenvalue weighted by Crippen LogP contribution is 2.30. The van der Waals surface area contributed by atoms with Gasteiger partial charge >= 0.3 is 12.1 Å². The van der Waals surface area contributed by atoms with Crippen LogP contribution >= 0.6 is 0 Å². The van der Waals surface area contributed by atoms with Gasteiger partial charge in [0.1, 0.15) is 0 Å². The third-order valence-electron chi connectivity index (χ3n) is 7.08. The summed E-state index contributed by atoms with van der Waals surface area (Å²) in [4.78, 5) is 41.3. The lowest BCUT2D eigenvalue weighted by molar-refractivity contribution is -0.137. The average Bonchev–Trinajstić information content (AvgIpc) is 3.39. The minimum atomic E-state index is -4.55. The fourth-order valence-corrected chi connectivity index (χ4v) is 5.12. The Morgan fingerprint density at radius 1 is 1.00 bits per heavy atom. The number of nitrogens with zero attached hydrogens (tertiary/aromatic N) is 2. The van der Waals surface area contributed by atoms with E-state index < -0.39 is 17.6 Å². The van der Waals surface area contributed by atoms with E-state index in [0.717, 1.165) is 62.8 Å². The summed E-state index contributed by atoms with van der Waals surface area (Å²) in [5, 5.41) is 5.31. The lowest BCUT2D eigenvalue weighted by Crippen LogP contribution is -2.47. The minimum Gasteiger partial charge on any atom is -0.465 e. The number of carbonyl (C=O) groups is 3. The number of hydrogen-bond acceptors (Lipinski definition) is 6. The SMILES string of the molecule is COC(=O)c1ccccc1N1CCC(N2CC[C@@H](NC(=O)CNC(=O)c3cccc(C(F)(F)F)c3)C2)CC1. The van der Waals surface area contributed by atoms with Crippen LogP contribution in [0.1, 0.15) is 45.5 Å². The molecule has 8 nitrogen and oxygen atoms in total. The Bertz CT molecular complexity index is 1170. The van der Waals surface area contributed by atoms with E-state index in [1.54, 1.807) is 6.07 Å². The van der Waals surface area contributed by atoms with Crippen molar-refractivity contribution >= 4 is 23.5 Å². The second kappa shape index (κ2) is 11.8. The normalized spacial score (nSPS) is 18.7. The van der Waals surface area contributed by atoms with Crippen LogP contribution in [0.15, 0.2) is 48.5 Å². The number of benzene rings is 2. The summed E-state index contributed by atoms with van der Waals surface area (Å²) in [5.41, 5.74) is 0.355. The first kappa shape index (κ1) is 27.4. The quantitative estimate of drug-likeness (QED) is 0.533. The Morgan fingerprint density at radius 3 is 2.45 bits per heavy atom. The number of esters is 1. The highest BCUT2D eigenvalue weighted by molar-refractivity contribution is 5.97. The predicted molar refractivity (Wildman–Crippen MR) is 135 cm³/mol. The van der Waals surface area contributed by atoms with Gasteiger partial charge in [-0.3, -0.25) is 14.5 Å². The molecule has 204 valence electrons. The van der Waals surface area contributed by atoms with Gasteiger partial charge in [0.05, 0.1) is 30.5 Å². The van der Waals surface area contributed by atoms with Crippen LogP contribution in [0.25, 0.3) is 0 Å². The van der Waals surface area contributed by atoms with E-state index in [9.17, 15) is 27.6 Å². The molecule has 2 amide bonds. The van der Waals surface area contributed by atoms with Crippen molar-refractivity contribution in [2.45, 2.75) is 37.5 Å². The molecule has 2 aliphatic rings. The van der Waals surface area contributed by atoms with E-state index >= 15 is 0 Å². The van der Waals surface area contributed by atoms with Crippen LogP contribution in [-0.2, 0) is 15.7 Å². The molecule has 0 aliphatic carbocycles. The Labute approximate surface area is 219 Å². The van der Waals surface area contributed by atoms with Gasteiger partial charge in [-0.2, -0.15) is 13.2 Å². The van der Waals surface area contributed by atoms with Gasteiger partial charge in [0.15, 0.2) is 0 Å². The number of amides is 2. The number of halogens is 3. The number of anilines is 1. The number of piperidine rings is 1. The van der Waals surface area contributed by atoms with E-state index in [4.69, 9.17) is 4.74 Å². The molecule has 2 aliphatic heterocycles. The molecule has 2 saturated heterocycles. The molecule has 0 bridgehead atoms. The van der Waals surface area contributed by atoms with Crippen molar-refractivity contribution in [3.05, 3.63) is 65.2 Å². The smallest absolute Gasteiger partial charge is 0.416 e. The fraction of sp³-hybridized carbons (Fsp3) is 0.444. The number of para-hydroxylation sites is 1. The Kier molecular flexibility index (Phi) is 8.55. The van der Waals surface area contributed by atoms with Crippen LogP contribution in [-0.4, -0.2) is 74.6 Å². The van der Waals surface area contributed by atoms with Gasteiger partial charge in [-0.1, -0.05) is 18.2 Å². The zero-order chi connectivity index (χ0) is 27.3. The summed E-state index contributed by atoms with van der Waals surface area (Å²) >= 11 is 0. The first-order valence-electron chi connectivity index (χ1n) is 12.6. The monoisotopic (exact) mass is 532 g/mol. The summed E-state index contributed by atoms with van der Waals surface area (Å²) < 4.78 is 43.5. The zero-order valence-corrected chi connectivity index (χ0v) is 21.1. The molecule has 2 aromatic carbocycles. The minimum absolute atomic E-state index is 0.0639. The van der Waals surface area contributed by atoms with Gasteiger partial charge in [-0.15, -0.1) is 0 Å². The first-order chi connectivity index (χ1) is 18.2. The molecule has 4 rings (SSSR count). The standard InChI is InChI=1S/C27H31F3N4O4/c1-38-26(37)22-7-2-3-8-23(22)33-13-10-21(11-14-33)34-12-9-20(17-34)32-24(35)16-31-25(36)18-5-4-6-19(15-18)27(28,29)30/h2-8,15,20-21H,9-14,16-17H2,1H3,(H,31,36)(H,32,35)/t20-/m1/s1. The van der Waals surface area contributed by atoms with Crippen molar-refractivity contribution in [2.24, 2.45) is 0 Å². The molecule has 1 atom stereocenters. The number of likely N-dealkylation sites (tertiary alicyclic amines) is 1. The summed E-state index contributed by atoms with van der Waals surface area (Å²) in [6.07, 6.45) is -1.93. The van der Waals surface area contributed by atoms with Gasteiger partial charge in [0.2, 0.25) is 5.91 Å². The van der Waals surface area contributed by atoms with Crippen LogP contribution in [0.4, 0.5) is 18.9 Å². The van der Waals surface area contributed by atoms with Gasteiger partial charge < -0.3 is 20.3 Å². The van der Waals surface area contributed by atoms with Gasteiger partial charge in [-0.25, -0.2) is 4.79 Å². The molecule has 0 radical (unpaired) electrons. The van der Waals surface area contributed by atoms with Crippen LogP contribution in [0.5, 0.6) is 0 Å². The molecule has 0 aromatic heterocycles. The highest BCUT2D eigenvalue weighted by atomic mass is 19.4. The van der Waals surface area contributed by atoms with Crippen LogP contribution < -0.4 is 15.5 Å². The summed E-state index contributed by atoms with van der Waals surface area (Å²) in [7, 11) is 1.37. The number of alkyl halides is 3. The van der Waals surface area contributed by atoms with E-state index in [0.29, 0.717) is 18.2 Å². The number of nitrogens with one attached hydrogen (secondary N) is 2. The summed E-state index contributed by atoms with van der Waals surface area (Å²) in [6, 6.07) is 11.8. The van der Waals surface area contributed by atoms with Crippen molar-refractivity contribution in [1.82, 2.24) is 15.5 Å². The number of hydrogen-bond donors (Lipinski definition) is 2. The molecular weight excluding hydrogens is 501 g/mol. The fourth-order valence-electron chi connectivity index (χ4n) is 5.12. The molecule has 0 unspecified atom stereocenters. The topological polar surface area (TPSA) is 91.0 Å². The highest BCUT2D eigenvalue weighted by Gasteiger charge is 2.33. The van der Waals surface area contributed by atoms with Crippen molar-refractivity contribution in [3.8, 4) is 0 Å². The van der Waals surface area contributed by atoms with E-state index in [1.807, 2.05) is 18.2 Å². The largest absolute Gasteiger partial charge is 0.465 e. The first-order valence-corrected chi connectivity index (χ1v) is 12.6. The third kappa shape index (κ3) is 6.63. The lowest BCUT2D eigenvalue weighted by atomic mass is 10.0. The molecule has 2 heterocycles. The molecular formula is C27H31F3N4O4. The molecule has 2 fully saturated rings. The molecule has 2 aromatic rings. The maximum absolute atomic E-state index is 12.9. The zero-order valence-electron chi connectivity index (χ0n) is 21.1. The number of ether oxygens (including phenoxy) is 1. The summed E-state index contributed by atoms with van der Waals surface area (Å²) in [5.74, 6) is -1.47. The van der Waals surface area contributed by atoms with Gasteiger partial charge in [0.25, 0.3) is 5.91 Å². The lowest BCUT2D eigenvalue weighted by Gasteiger charge is -2.38. The Hall–Kier alpha value is -3.60. The van der Waals surface area contributed by atoms with Crippen molar-refractivity contribution in [1.29, 1.82) is 0 Å². The van der Waals surface area contributed by atoms with E-state index in [2.05, 4.69) is 20.4 Å². The molecule has 38 heavy (non-hydrogen) atoms. The summed E-state index contributed by atoms with van der Waals surface area (Å²) in [6.45, 7) is 2.81. The van der Waals surface area contributed by atoms with Crippen LogP contribution in [0, 0.1) is 0 Å². The average molecular weight is 533 g/mol. The van der Waals surface area contributed by atoms with Crippen molar-refractivity contribution in [3.63, 3.8) is 0 Å². The number of methoxy groups -OCH3 is 1. The second-order valence-corrected chi connectivity index (χ2v) is 9.54. The molecule has 11 heteroatoms. The van der Waals surface area contributed by atoms with Crippen molar-refractivity contribution in [2.75, 3.05) is 44.7 Å². The van der Waals surface area contributed by atoms with Crippen LogP contribution in [0.2, 0.25) is 0 Å². The second-order valence-electron chi connectivity index (χ2n) is 9.54. The van der Waals surface area contributed by atoms with E-state index in [-0.39, 0.29) is 30.0 Å². The maximum atomic E-state index is 12.9. The predicted octanol–water partition coefficient (Wildman–Crippen LogP) is 3.08. The van der Waals surface area contributed by atoms with Gasteiger partial charge in [0, 0.05) is 43.8 Å². The Balaban J connectivity index is 1.22. The molecule has 2 N–H and O–H groups in total. The van der Waals surface area contributed by atoms with Gasteiger partial charge in [-0.05, 0) is 49.6 Å². The number of carbonyl (C=O) groups excluding carboxylic acids is 3. The maximum Gasteiger partial charge on any atom is 0.416 e. The van der Waals surface area contributed by atoms with Crippen LogP contribution in [0.3, 0.4) is 0 Å². The molecule has 0 spiro atoms. The van der Waals surface area contributed by atoms with E-state index in [1.165, 1.54) is 13.2 Å². The molecule has 0 saturated carbocycles. The van der Waals surface area contributed by atoms with Crippen molar-refractivity contribution < 1.29 is 32.3 Å². The number of rotatable bonds is 7. The third-order valence-corrected chi connectivity index (χ3v) is 7.08.